The van der Waals surface area contributed by atoms with Gasteiger partial charge in [0.05, 0.1) is 17.3 Å². The highest BCUT2D eigenvalue weighted by molar-refractivity contribution is 6.35. The maximum atomic E-state index is 11.9. The second-order valence-electron chi connectivity index (χ2n) is 4.72. The quantitative estimate of drug-likeness (QED) is 0.894. The number of halogens is 2. The minimum Gasteiger partial charge on any atom is -0.343 e. The zero-order valence-corrected chi connectivity index (χ0v) is 13.3. The van der Waals surface area contributed by atoms with Gasteiger partial charge in [-0.3, -0.25) is 9.59 Å². The van der Waals surface area contributed by atoms with Crippen molar-refractivity contribution >= 4 is 40.7 Å². The Kier molecular flexibility index (Phi) is 5.41. The summed E-state index contributed by atoms with van der Waals surface area (Å²) in [6.07, 6.45) is 0. The Morgan fingerprint density at radius 1 is 1.09 bits per heavy atom. The van der Waals surface area contributed by atoms with Gasteiger partial charge in [0.2, 0.25) is 5.91 Å². The van der Waals surface area contributed by atoms with E-state index in [2.05, 4.69) is 10.6 Å². The molecule has 0 heterocycles. The molecule has 2 aromatic carbocycles. The molecule has 6 heteroatoms. The van der Waals surface area contributed by atoms with Gasteiger partial charge >= 0.3 is 0 Å². The lowest BCUT2D eigenvalue weighted by Crippen LogP contribution is -2.32. The van der Waals surface area contributed by atoms with Crippen LogP contribution in [-0.2, 0) is 4.79 Å². The van der Waals surface area contributed by atoms with Gasteiger partial charge in [-0.25, -0.2) is 0 Å². The number of hydrogen-bond donors (Lipinski definition) is 2. The van der Waals surface area contributed by atoms with Crippen LogP contribution in [0.4, 0.5) is 5.69 Å². The normalized spacial score (nSPS) is 10.1. The topological polar surface area (TPSA) is 58.2 Å². The molecule has 0 saturated carbocycles. The molecule has 0 radical (unpaired) electrons. The Morgan fingerprint density at radius 3 is 2.59 bits per heavy atom. The van der Waals surface area contributed by atoms with E-state index >= 15 is 0 Å². The first-order valence-corrected chi connectivity index (χ1v) is 7.31. The van der Waals surface area contributed by atoms with Crippen molar-refractivity contribution in [2.24, 2.45) is 0 Å². The molecule has 22 heavy (non-hydrogen) atoms. The summed E-state index contributed by atoms with van der Waals surface area (Å²) in [7, 11) is 0. The van der Waals surface area contributed by atoms with E-state index in [9.17, 15) is 9.59 Å². The van der Waals surface area contributed by atoms with E-state index in [1.165, 1.54) is 0 Å². The highest BCUT2D eigenvalue weighted by Gasteiger charge is 2.10. The van der Waals surface area contributed by atoms with Gasteiger partial charge in [0, 0.05) is 10.6 Å². The van der Waals surface area contributed by atoms with Crippen LogP contribution in [0.2, 0.25) is 10.0 Å². The summed E-state index contributed by atoms with van der Waals surface area (Å²) in [5.74, 6) is -0.693. The predicted octanol–water partition coefficient (Wildman–Crippen LogP) is 3.67. The van der Waals surface area contributed by atoms with Crippen molar-refractivity contribution in [2.45, 2.75) is 6.92 Å². The largest absolute Gasteiger partial charge is 0.343 e. The van der Waals surface area contributed by atoms with E-state index in [0.717, 1.165) is 5.56 Å². The van der Waals surface area contributed by atoms with Gasteiger partial charge in [0.1, 0.15) is 0 Å². The number of carbonyl (C=O) groups excluding carboxylic acids is 2. The molecular weight excluding hydrogens is 323 g/mol. The second kappa shape index (κ2) is 7.29. The molecule has 2 amide bonds. The first-order chi connectivity index (χ1) is 10.5. The van der Waals surface area contributed by atoms with Crippen molar-refractivity contribution in [1.82, 2.24) is 5.32 Å². The van der Waals surface area contributed by atoms with E-state index in [1.807, 2.05) is 13.0 Å². The Balaban J connectivity index is 1.93. The predicted molar refractivity (Wildman–Crippen MR) is 88.6 cm³/mol. The first-order valence-electron chi connectivity index (χ1n) is 6.55. The summed E-state index contributed by atoms with van der Waals surface area (Å²) in [4.78, 5) is 23.8. The zero-order valence-electron chi connectivity index (χ0n) is 11.8. The summed E-state index contributed by atoms with van der Waals surface area (Å²) in [5.41, 5.74) is 1.89. The number of rotatable bonds is 4. The molecule has 0 fully saturated rings. The molecule has 0 spiro atoms. The molecule has 2 rings (SSSR count). The van der Waals surface area contributed by atoms with Gasteiger partial charge in [0.25, 0.3) is 5.91 Å². The average Bonchev–Trinajstić information content (AvgIpc) is 2.48. The number of nitrogens with one attached hydrogen (secondary N) is 2. The van der Waals surface area contributed by atoms with Crippen LogP contribution >= 0.6 is 23.2 Å². The smallest absolute Gasteiger partial charge is 0.251 e. The molecule has 0 aliphatic carbocycles. The Labute approximate surface area is 138 Å². The van der Waals surface area contributed by atoms with E-state index in [1.54, 1.807) is 36.4 Å². The lowest BCUT2D eigenvalue weighted by molar-refractivity contribution is -0.115. The SMILES string of the molecule is Cc1cccc(C(=O)NCC(=O)Nc2cc(Cl)ccc2Cl)c1. The number of benzene rings is 2. The molecule has 0 saturated heterocycles. The van der Waals surface area contributed by atoms with Gasteiger partial charge < -0.3 is 10.6 Å². The minimum atomic E-state index is -0.384. The third-order valence-electron chi connectivity index (χ3n) is 2.89. The summed E-state index contributed by atoms with van der Waals surface area (Å²) in [5, 5.41) is 5.99. The van der Waals surface area contributed by atoms with Crippen molar-refractivity contribution in [3.63, 3.8) is 0 Å². The molecule has 0 aliphatic rings. The molecule has 0 aromatic heterocycles. The molecule has 0 bridgehead atoms. The maximum absolute atomic E-state index is 11.9. The molecule has 0 unspecified atom stereocenters. The van der Waals surface area contributed by atoms with Gasteiger partial charge in [-0.15, -0.1) is 0 Å². The van der Waals surface area contributed by atoms with Crippen LogP contribution in [0.1, 0.15) is 15.9 Å². The molecule has 4 nitrogen and oxygen atoms in total. The Bertz CT molecular complexity index is 717. The monoisotopic (exact) mass is 336 g/mol. The Morgan fingerprint density at radius 2 is 1.86 bits per heavy atom. The van der Waals surface area contributed by atoms with Crippen LogP contribution in [0.15, 0.2) is 42.5 Å². The lowest BCUT2D eigenvalue weighted by Gasteiger charge is -2.09. The van der Waals surface area contributed by atoms with Crippen LogP contribution in [0.25, 0.3) is 0 Å². The van der Waals surface area contributed by atoms with Gasteiger partial charge in [0.15, 0.2) is 0 Å². The van der Waals surface area contributed by atoms with Crippen molar-refractivity contribution in [3.8, 4) is 0 Å². The zero-order chi connectivity index (χ0) is 16.1. The standard InChI is InChI=1S/C16H14Cl2N2O2/c1-10-3-2-4-11(7-10)16(22)19-9-15(21)20-14-8-12(17)5-6-13(14)18/h2-8H,9H2,1H3,(H,19,22)(H,20,21). The van der Waals surface area contributed by atoms with Crippen LogP contribution in [0.3, 0.4) is 0 Å². The summed E-state index contributed by atoms with van der Waals surface area (Å²) >= 11 is 11.8. The van der Waals surface area contributed by atoms with E-state index in [-0.39, 0.29) is 18.4 Å². The highest BCUT2D eigenvalue weighted by Crippen LogP contribution is 2.25. The van der Waals surface area contributed by atoms with E-state index < -0.39 is 0 Å². The Hall–Kier alpha value is -2.04. The van der Waals surface area contributed by atoms with Gasteiger partial charge in [-0.1, -0.05) is 40.9 Å². The van der Waals surface area contributed by atoms with Crippen molar-refractivity contribution in [3.05, 3.63) is 63.6 Å². The first kappa shape index (κ1) is 16.3. The van der Waals surface area contributed by atoms with Crippen LogP contribution in [0, 0.1) is 6.92 Å². The summed E-state index contributed by atoms with van der Waals surface area (Å²) in [6.45, 7) is 1.74. The maximum Gasteiger partial charge on any atom is 0.251 e. The van der Waals surface area contributed by atoms with Crippen LogP contribution in [0.5, 0.6) is 0 Å². The number of anilines is 1. The van der Waals surface area contributed by atoms with Crippen LogP contribution in [-0.4, -0.2) is 18.4 Å². The number of aryl methyl sites for hydroxylation is 1. The van der Waals surface area contributed by atoms with Crippen LogP contribution < -0.4 is 10.6 Å². The minimum absolute atomic E-state index is 0.157. The molecule has 2 aromatic rings. The van der Waals surface area contributed by atoms with E-state index in [4.69, 9.17) is 23.2 Å². The summed E-state index contributed by atoms with van der Waals surface area (Å²) in [6, 6.07) is 11.9. The highest BCUT2D eigenvalue weighted by atomic mass is 35.5. The van der Waals surface area contributed by atoms with Crippen molar-refractivity contribution in [1.29, 1.82) is 0 Å². The number of amides is 2. The third kappa shape index (κ3) is 4.48. The lowest BCUT2D eigenvalue weighted by atomic mass is 10.1. The number of carbonyl (C=O) groups is 2. The fourth-order valence-corrected chi connectivity index (χ4v) is 2.17. The van der Waals surface area contributed by atoms with Gasteiger partial charge in [-0.2, -0.15) is 0 Å². The fraction of sp³-hybridized carbons (Fsp3) is 0.125. The molecule has 0 aliphatic heterocycles. The van der Waals surface area contributed by atoms with Gasteiger partial charge in [-0.05, 0) is 37.3 Å². The third-order valence-corrected chi connectivity index (χ3v) is 3.46. The van der Waals surface area contributed by atoms with Crippen molar-refractivity contribution in [2.75, 3.05) is 11.9 Å². The molecule has 114 valence electrons. The van der Waals surface area contributed by atoms with Crippen molar-refractivity contribution < 1.29 is 9.59 Å². The second-order valence-corrected chi connectivity index (χ2v) is 5.57. The van der Waals surface area contributed by atoms with E-state index in [0.29, 0.717) is 21.3 Å². The summed E-state index contributed by atoms with van der Waals surface area (Å²) < 4.78 is 0. The molecule has 0 atom stereocenters. The molecule has 2 N–H and O–H groups in total. The fourth-order valence-electron chi connectivity index (χ4n) is 1.84. The average molecular weight is 337 g/mol. The molecular formula is C16H14Cl2N2O2. The number of hydrogen-bond acceptors (Lipinski definition) is 2.